The van der Waals surface area contributed by atoms with Crippen LogP contribution in [0.5, 0.6) is 0 Å². The Kier molecular flexibility index (Phi) is 5.72. The first-order valence-corrected chi connectivity index (χ1v) is 10.5. The van der Waals surface area contributed by atoms with Gasteiger partial charge in [0.15, 0.2) is 0 Å². The number of benzene rings is 2. The zero-order valence-corrected chi connectivity index (χ0v) is 17.5. The first-order valence-electron chi connectivity index (χ1n) is 8.94. The fourth-order valence-electron chi connectivity index (χ4n) is 3.11. The van der Waals surface area contributed by atoms with E-state index in [9.17, 15) is 18.5 Å². The van der Waals surface area contributed by atoms with E-state index in [-0.39, 0.29) is 10.6 Å². The lowest BCUT2D eigenvalue weighted by Gasteiger charge is -2.09. The number of nitro benzene ring substituents is 1. The number of nitro groups is 1. The molecule has 0 radical (unpaired) electrons. The topological polar surface area (TPSA) is 133 Å². The number of aromatic nitrogens is 1. The van der Waals surface area contributed by atoms with Gasteiger partial charge >= 0.3 is 0 Å². The number of rotatable bonds is 6. The quantitative estimate of drug-likeness (QED) is 0.353. The summed E-state index contributed by atoms with van der Waals surface area (Å²) in [5.41, 5.74) is 7.22. The van der Waals surface area contributed by atoms with E-state index in [1.54, 1.807) is 6.21 Å². The number of sulfonamides is 1. The van der Waals surface area contributed by atoms with Crippen molar-refractivity contribution in [2.45, 2.75) is 25.7 Å². The maximum Gasteiger partial charge on any atom is 0.295 e. The Morgan fingerprint density at radius 3 is 2.37 bits per heavy atom. The molecule has 30 heavy (non-hydrogen) atoms. The summed E-state index contributed by atoms with van der Waals surface area (Å²) in [6.07, 6.45) is 1.56. The summed E-state index contributed by atoms with van der Waals surface area (Å²) < 4.78 is 24.9. The Hall–Kier alpha value is -3.50. The van der Waals surface area contributed by atoms with Gasteiger partial charge in [-0.1, -0.05) is 17.7 Å². The first kappa shape index (κ1) is 21.2. The second-order valence-corrected chi connectivity index (χ2v) is 8.41. The molecule has 3 N–H and O–H groups in total. The number of hydrogen-bond donors (Lipinski definition) is 2. The van der Waals surface area contributed by atoms with Crippen LogP contribution in [0.2, 0.25) is 0 Å². The summed E-state index contributed by atoms with van der Waals surface area (Å²) in [5, 5.41) is 20.4. The molecule has 0 saturated heterocycles. The first-order chi connectivity index (χ1) is 14.1. The lowest BCUT2D eigenvalue weighted by atomic mass is 10.2. The average Bonchev–Trinajstić information content (AvgIpc) is 2.95. The van der Waals surface area contributed by atoms with Gasteiger partial charge in [-0.15, -0.1) is 0 Å². The van der Waals surface area contributed by atoms with E-state index in [1.165, 1.54) is 17.7 Å². The van der Waals surface area contributed by atoms with E-state index in [4.69, 9.17) is 5.14 Å². The summed E-state index contributed by atoms with van der Waals surface area (Å²) in [4.78, 5) is 10.3. The van der Waals surface area contributed by atoms with Crippen molar-refractivity contribution in [2.75, 3.05) is 5.43 Å². The molecule has 0 spiro atoms. The Morgan fingerprint density at radius 1 is 1.10 bits per heavy atom. The van der Waals surface area contributed by atoms with Crippen molar-refractivity contribution in [3.63, 3.8) is 0 Å². The van der Waals surface area contributed by atoms with Gasteiger partial charge in [-0.05, 0) is 51.1 Å². The van der Waals surface area contributed by atoms with Crippen LogP contribution >= 0.6 is 0 Å². The largest absolute Gasteiger partial charge is 0.318 e. The summed E-state index contributed by atoms with van der Waals surface area (Å²) >= 11 is 0. The van der Waals surface area contributed by atoms with Crippen LogP contribution in [0.3, 0.4) is 0 Å². The molecule has 0 amide bonds. The highest BCUT2D eigenvalue weighted by atomic mass is 32.2. The molecular formula is C20H21N5O4S. The molecule has 0 aliphatic carbocycles. The van der Waals surface area contributed by atoms with Crippen molar-refractivity contribution >= 4 is 27.6 Å². The minimum atomic E-state index is -4.05. The van der Waals surface area contributed by atoms with Gasteiger partial charge in [-0.25, -0.2) is 13.6 Å². The van der Waals surface area contributed by atoms with Crippen molar-refractivity contribution in [3.05, 3.63) is 81.2 Å². The number of nitrogens with zero attached hydrogens (tertiary/aromatic N) is 3. The molecular weight excluding hydrogens is 406 g/mol. The van der Waals surface area contributed by atoms with Gasteiger partial charge in [-0.3, -0.25) is 15.5 Å². The zero-order chi connectivity index (χ0) is 22.1. The van der Waals surface area contributed by atoms with Crippen LogP contribution in [0.1, 0.15) is 22.5 Å². The van der Waals surface area contributed by atoms with E-state index in [0.717, 1.165) is 28.7 Å². The maximum absolute atomic E-state index is 11.4. The van der Waals surface area contributed by atoms with Gasteiger partial charge in [0.05, 0.1) is 16.0 Å². The van der Waals surface area contributed by atoms with E-state index in [2.05, 4.69) is 15.1 Å². The molecule has 9 nitrogen and oxygen atoms in total. The summed E-state index contributed by atoms with van der Waals surface area (Å²) in [6.45, 7) is 5.96. The lowest BCUT2D eigenvalue weighted by molar-refractivity contribution is -0.384. The molecule has 1 heterocycles. The molecule has 0 atom stereocenters. The van der Waals surface area contributed by atoms with Crippen molar-refractivity contribution in [1.82, 2.24) is 4.57 Å². The van der Waals surface area contributed by atoms with E-state index in [1.807, 2.05) is 51.1 Å². The van der Waals surface area contributed by atoms with Crippen molar-refractivity contribution in [2.24, 2.45) is 10.2 Å². The number of anilines is 1. The average molecular weight is 427 g/mol. The minimum absolute atomic E-state index is 0.0518. The van der Waals surface area contributed by atoms with Crippen LogP contribution in [-0.2, 0) is 10.0 Å². The van der Waals surface area contributed by atoms with Crippen LogP contribution in [-0.4, -0.2) is 24.1 Å². The highest BCUT2D eigenvalue weighted by molar-refractivity contribution is 7.89. The third-order valence-electron chi connectivity index (χ3n) is 4.65. The SMILES string of the molecule is Cc1ccc(-n2c(C)cc(/C=N/Nc3ccc(S(N)(=O)=O)cc3[N+](=O)[O-])c2C)cc1. The van der Waals surface area contributed by atoms with Crippen LogP contribution < -0.4 is 10.6 Å². The number of hydrogen-bond acceptors (Lipinski definition) is 6. The number of nitrogens with one attached hydrogen (secondary N) is 1. The standard InChI is InChI=1S/C20H21N5O4S/c1-13-4-6-17(7-5-13)24-14(2)10-16(15(24)3)12-22-23-19-9-8-18(30(21,28)29)11-20(19)25(26)27/h4-12,23H,1-3H3,(H2,21,28,29)/b22-12+. The van der Waals surface area contributed by atoms with Gasteiger partial charge in [0, 0.05) is 28.7 Å². The molecule has 0 bridgehead atoms. The van der Waals surface area contributed by atoms with Crippen molar-refractivity contribution < 1.29 is 13.3 Å². The number of primary sulfonamides is 1. The number of aryl methyl sites for hydroxylation is 2. The van der Waals surface area contributed by atoms with Crippen LogP contribution in [0, 0.1) is 30.9 Å². The molecule has 1 aromatic heterocycles. The Balaban J connectivity index is 1.88. The molecule has 3 aromatic rings. The summed E-state index contributed by atoms with van der Waals surface area (Å²) in [7, 11) is -4.05. The lowest BCUT2D eigenvalue weighted by Crippen LogP contribution is -2.12. The molecule has 3 rings (SSSR count). The van der Waals surface area contributed by atoms with E-state index in [0.29, 0.717) is 0 Å². The third-order valence-corrected chi connectivity index (χ3v) is 5.56. The smallest absolute Gasteiger partial charge is 0.295 e. The predicted molar refractivity (Wildman–Crippen MR) is 116 cm³/mol. The minimum Gasteiger partial charge on any atom is -0.318 e. The van der Waals surface area contributed by atoms with Crippen molar-refractivity contribution in [1.29, 1.82) is 0 Å². The normalized spacial score (nSPS) is 11.7. The van der Waals surface area contributed by atoms with Crippen molar-refractivity contribution in [3.8, 4) is 5.69 Å². The van der Waals surface area contributed by atoms with Crippen LogP contribution in [0.4, 0.5) is 11.4 Å². The Bertz CT molecular complexity index is 1240. The van der Waals surface area contributed by atoms with Gasteiger partial charge in [-0.2, -0.15) is 5.10 Å². The second-order valence-electron chi connectivity index (χ2n) is 6.85. The molecule has 0 fully saturated rings. The monoisotopic (exact) mass is 427 g/mol. The molecule has 156 valence electrons. The Labute approximate surface area is 174 Å². The summed E-state index contributed by atoms with van der Waals surface area (Å²) in [5.74, 6) is 0. The van der Waals surface area contributed by atoms with E-state index < -0.39 is 20.6 Å². The highest BCUT2D eigenvalue weighted by Crippen LogP contribution is 2.27. The van der Waals surface area contributed by atoms with Gasteiger partial charge in [0.2, 0.25) is 10.0 Å². The fraction of sp³-hybridized carbons (Fsp3) is 0.150. The highest BCUT2D eigenvalue weighted by Gasteiger charge is 2.19. The van der Waals surface area contributed by atoms with Crippen LogP contribution in [0.15, 0.2) is 58.5 Å². The number of nitrogens with two attached hydrogens (primary N) is 1. The fourth-order valence-corrected chi connectivity index (χ4v) is 3.65. The molecule has 0 saturated carbocycles. The molecule has 0 aliphatic heterocycles. The van der Waals surface area contributed by atoms with Crippen LogP contribution in [0.25, 0.3) is 5.69 Å². The van der Waals surface area contributed by atoms with Gasteiger partial charge in [0.1, 0.15) is 5.69 Å². The summed E-state index contributed by atoms with van der Waals surface area (Å²) in [6, 6.07) is 13.4. The molecule has 2 aromatic carbocycles. The third kappa shape index (κ3) is 4.39. The molecule has 0 aliphatic rings. The van der Waals surface area contributed by atoms with E-state index >= 15 is 0 Å². The molecule has 10 heteroatoms. The number of hydrazone groups is 1. The Morgan fingerprint density at radius 2 is 1.77 bits per heavy atom. The van der Waals surface area contributed by atoms with Gasteiger partial charge in [0.25, 0.3) is 5.69 Å². The molecule has 0 unspecified atom stereocenters. The van der Waals surface area contributed by atoms with Gasteiger partial charge < -0.3 is 4.57 Å². The zero-order valence-electron chi connectivity index (χ0n) is 16.7. The predicted octanol–water partition coefficient (Wildman–Crippen LogP) is 3.40. The second kappa shape index (κ2) is 8.09. The maximum atomic E-state index is 11.4.